The molecule has 124 valence electrons. The molecule has 4 nitrogen and oxygen atoms in total. The Kier molecular flexibility index (Phi) is 3.53. The number of hydrogen-bond donors (Lipinski definition) is 0. The predicted octanol–water partition coefficient (Wildman–Crippen LogP) is 2.81. The number of piperidine rings is 1. The Morgan fingerprint density at radius 3 is 2.09 bits per heavy atom. The van der Waals surface area contributed by atoms with E-state index in [1.54, 1.807) is 0 Å². The zero-order valence-electron chi connectivity index (χ0n) is 14.0. The van der Waals surface area contributed by atoms with Gasteiger partial charge in [0.25, 0.3) is 0 Å². The molecule has 2 aliphatic carbocycles. The average Bonchev–Trinajstić information content (AvgIpc) is 3.25. The molecule has 0 aromatic rings. The first kappa shape index (κ1) is 14.9. The SMILES string of the molecule is CC1(C)COC2(CCN(C(=O)C3[C@H]4CCCC[C@H]34)CC2)OC1. The van der Waals surface area contributed by atoms with Gasteiger partial charge in [-0.25, -0.2) is 0 Å². The molecule has 0 radical (unpaired) electrons. The van der Waals surface area contributed by atoms with E-state index < -0.39 is 5.79 Å². The highest BCUT2D eigenvalue weighted by molar-refractivity contribution is 5.82. The summed E-state index contributed by atoms with van der Waals surface area (Å²) < 4.78 is 12.1. The molecule has 1 spiro atoms. The second-order valence-corrected chi connectivity index (χ2v) is 8.62. The van der Waals surface area contributed by atoms with Crippen LogP contribution >= 0.6 is 0 Å². The number of nitrogens with zero attached hydrogens (tertiary/aromatic N) is 1. The molecule has 2 aliphatic heterocycles. The maximum absolute atomic E-state index is 12.7. The summed E-state index contributed by atoms with van der Waals surface area (Å²) >= 11 is 0. The minimum absolute atomic E-state index is 0.113. The second-order valence-electron chi connectivity index (χ2n) is 8.62. The van der Waals surface area contributed by atoms with Crippen molar-refractivity contribution in [2.75, 3.05) is 26.3 Å². The molecule has 0 aromatic carbocycles. The minimum Gasteiger partial charge on any atom is -0.349 e. The molecule has 2 heterocycles. The molecule has 2 saturated heterocycles. The molecule has 2 atom stereocenters. The van der Waals surface area contributed by atoms with Crippen molar-refractivity contribution in [3.63, 3.8) is 0 Å². The molecule has 4 rings (SSSR count). The molecule has 4 fully saturated rings. The lowest BCUT2D eigenvalue weighted by molar-refractivity contribution is -0.312. The molecule has 2 saturated carbocycles. The molecule has 0 bridgehead atoms. The predicted molar refractivity (Wildman–Crippen MR) is 83.2 cm³/mol. The van der Waals surface area contributed by atoms with Crippen LogP contribution in [-0.4, -0.2) is 42.9 Å². The van der Waals surface area contributed by atoms with E-state index in [0.717, 1.165) is 39.1 Å². The zero-order valence-corrected chi connectivity index (χ0v) is 14.0. The van der Waals surface area contributed by atoms with Gasteiger partial charge in [-0.3, -0.25) is 4.79 Å². The van der Waals surface area contributed by atoms with E-state index in [9.17, 15) is 4.79 Å². The van der Waals surface area contributed by atoms with Crippen molar-refractivity contribution in [3.8, 4) is 0 Å². The molecule has 22 heavy (non-hydrogen) atoms. The first-order valence-electron chi connectivity index (χ1n) is 9.07. The number of carbonyl (C=O) groups is 1. The van der Waals surface area contributed by atoms with Crippen LogP contribution in [0.2, 0.25) is 0 Å². The zero-order chi connectivity index (χ0) is 15.4. The fourth-order valence-corrected chi connectivity index (χ4v) is 4.66. The van der Waals surface area contributed by atoms with Gasteiger partial charge in [0.05, 0.1) is 13.2 Å². The van der Waals surface area contributed by atoms with E-state index in [2.05, 4.69) is 18.7 Å². The lowest BCUT2D eigenvalue weighted by Gasteiger charge is -2.47. The van der Waals surface area contributed by atoms with Crippen molar-refractivity contribution in [2.24, 2.45) is 23.2 Å². The number of ether oxygens (including phenoxy) is 2. The Morgan fingerprint density at radius 2 is 1.55 bits per heavy atom. The van der Waals surface area contributed by atoms with Crippen LogP contribution in [0.3, 0.4) is 0 Å². The van der Waals surface area contributed by atoms with Crippen molar-refractivity contribution in [1.82, 2.24) is 4.90 Å². The van der Waals surface area contributed by atoms with Crippen LogP contribution in [0.4, 0.5) is 0 Å². The first-order chi connectivity index (χ1) is 10.5. The van der Waals surface area contributed by atoms with Gasteiger partial charge >= 0.3 is 0 Å². The summed E-state index contributed by atoms with van der Waals surface area (Å²) in [6, 6.07) is 0. The van der Waals surface area contributed by atoms with E-state index in [1.165, 1.54) is 25.7 Å². The van der Waals surface area contributed by atoms with E-state index >= 15 is 0 Å². The Hall–Kier alpha value is -0.610. The highest BCUT2D eigenvalue weighted by atomic mass is 16.7. The Morgan fingerprint density at radius 1 is 1.00 bits per heavy atom. The fraction of sp³-hybridized carbons (Fsp3) is 0.944. The minimum atomic E-state index is -0.414. The molecular weight excluding hydrogens is 278 g/mol. The topological polar surface area (TPSA) is 38.8 Å². The number of rotatable bonds is 1. The summed E-state index contributed by atoms with van der Waals surface area (Å²) in [6.07, 6.45) is 6.87. The van der Waals surface area contributed by atoms with Crippen LogP contribution in [0.25, 0.3) is 0 Å². The Bertz CT molecular complexity index is 429. The summed E-state index contributed by atoms with van der Waals surface area (Å²) in [7, 11) is 0. The van der Waals surface area contributed by atoms with Gasteiger partial charge in [0.2, 0.25) is 5.91 Å². The van der Waals surface area contributed by atoms with Gasteiger partial charge in [0.15, 0.2) is 5.79 Å². The standard InChI is InChI=1S/C18H29NO3/c1-17(2)11-21-18(22-12-17)7-9-19(10-8-18)16(20)15-13-5-3-4-6-14(13)15/h13-15H,3-12H2,1-2H3/t13-,14-/m0/s1. The Labute approximate surface area is 133 Å². The van der Waals surface area contributed by atoms with Gasteiger partial charge in [-0.15, -0.1) is 0 Å². The van der Waals surface area contributed by atoms with Crippen LogP contribution in [0.5, 0.6) is 0 Å². The third-order valence-corrected chi connectivity index (χ3v) is 6.23. The number of carbonyl (C=O) groups excluding carboxylic acids is 1. The smallest absolute Gasteiger partial charge is 0.226 e. The fourth-order valence-electron chi connectivity index (χ4n) is 4.66. The lowest BCUT2D eigenvalue weighted by atomic mass is 9.92. The number of likely N-dealkylation sites (tertiary alicyclic amines) is 1. The molecule has 0 N–H and O–H groups in total. The van der Waals surface area contributed by atoms with Gasteiger partial charge in [-0.2, -0.15) is 0 Å². The average molecular weight is 307 g/mol. The monoisotopic (exact) mass is 307 g/mol. The third-order valence-electron chi connectivity index (χ3n) is 6.23. The lowest BCUT2D eigenvalue weighted by Crippen LogP contribution is -2.54. The van der Waals surface area contributed by atoms with Crippen molar-refractivity contribution >= 4 is 5.91 Å². The van der Waals surface area contributed by atoms with Crippen molar-refractivity contribution in [1.29, 1.82) is 0 Å². The maximum atomic E-state index is 12.7. The molecule has 0 unspecified atom stereocenters. The Balaban J connectivity index is 1.32. The highest BCUT2D eigenvalue weighted by Gasteiger charge is 2.56. The van der Waals surface area contributed by atoms with Gasteiger partial charge in [0, 0.05) is 37.3 Å². The summed E-state index contributed by atoms with van der Waals surface area (Å²) in [6.45, 7) is 7.46. The van der Waals surface area contributed by atoms with Gasteiger partial charge < -0.3 is 14.4 Å². The van der Waals surface area contributed by atoms with E-state index in [-0.39, 0.29) is 5.41 Å². The van der Waals surface area contributed by atoms with Crippen molar-refractivity contribution < 1.29 is 14.3 Å². The number of amides is 1. The number of fused-ring (bicyclic) bond motifs is 1. The number of hydrogen-bond acceptors (Lipinski definition) is 3. The second kappa shape index (κ2) is 5.20. The third kappa shape index (κ3) is 2.58. The summed E-state index contributed by atoms with van der Waals surface area (Å²) in [5.41, 5.74) is 0.113. The van der Waals surface area contributed by atoms with E-state index in [4.69, 9.17) is 9.47 Å². The van der Waals surface area contributed by atoms with Gasteiger partial charge in [-0.05, 0) is 24.7 Å². The largest absolute Gasteiger partial charge is 0.349 e. The first-order valence-corrected chi connectivity index (χ1v) is 9.07. The van der Waals surface area contributed by atoms with E-state index in [1.807, 2.05) is 0 Å². The summed E-state index contributed by atoms with van der Waals surface area (Å²) in [5.74, 6) is 1.77. The maximum Gasteiger partial charge on any atom is 0.226 e. The molecule has 0 aromatic heterocycles. The van der Waals surface area contributed by atoms with Gasteiger partial charge in [-0.1, -0.05) is 26.7 Å². The molecule has 4 heteroatoms. The summed E-state index contributed by atoms with van der Waals surface area (Å²) in [4.78, 5) is 14.8. The molecule has 1 amide bonds. The van der Waals surface area contributed by atoms with Crippen LogP contribution in [0.15, 0.2) is 0 Å². The molecule has 4 aliphatic rings. The van der Waals surface area contributed by atoms with Crippen molar-refractivity contribution in [2.45, 2.75) is 58.2 Å². The van der Waals surface area contributed by atoms with Gasteiger partial charge in [0.1, 0.15) is 0 Å². The van der Waals surface area contributed by atoms with Crippen LogP contribution < -0.4 is 0 Å². The van der Waals surface area contributed by atoms with Crippen LogP contribution in [-0.2, 0) is 14.3 Å². The van der Waals surface area contributed by atoms with Crippen LogP contribution in [0, 0.1) is 23.2 Å². The highest BCUT2D eigenvalue weighted by Crippen LogP contribution is 2.56. The quantitative estimate of drug-likeness (QED) is 0.748. The van der Waals surface area contributed by atoms with Crippen molar-refractivity contribution in [3.05, 3.63) is 0 Å². The summed E-state index contributed by atoms with van der Waals surface area (Å²) in [5, 5.41) is 0. The molecular formula is C18H29NO3. The van der Waals surface area contributed by atoms with E-state index in [0.29, 0.717) is 23.7 Å². The van der Waals surface area contributed by atoms with Crippen LogP contribution in [0.1, 0.15) is 52.4 Å². The normalized spacial score (nSPS) is 39.4.